The van der Waals surface area contributed by atoms with Gasteiger partial charge in [0.1, 0.15) is 5.75 Å². The zero-order valence-corrected chi connectivity index (χ0v) is 23.4. The van der Waals surface area contributed by atoms with Crippen LogP contribution in [0.5, 0.6) is 5.75 Å². The molecule has 2 aromatic heterocycles. The molecule has 0 saturated heterocycles. The predicted molar refractivity (Wildman–Crippen MR) is 158 cm³/mol. The van der Waals surface area contributed by atoms with Crippen LogP contribution in [0.15, 0.2) is 79.0 Å². The van der Waals surface area contributed by atoms with Gasteiger partial charge in [-0.2, -0.15) is 0 Å². The third kappa shape index (κ3) is 5.61. The molecule has 0 aliphatic rings. The third-order valence-electron chi connectivity index (χ3n) is 6.62. The first-order valence-electron chi connectivity index (χ1n) is 13.2. The fourth-order valence-electron chi connectivity index (χ4n) is 4.83. The van der Waals surface area contributed by atoms with E-state index in [9.17, 15) is 4.79 Å². The predicted octanol–water partition coefficient (Wildman–Crippen LogP) is 6.92. The number of aryl methyl sites for hydroxylation is 3. The molecule has 0 aliphatic carbocycles. The topological polar surface area (TPSA) is 81.0 Å². The number of imidazole rings is 1. The molecule has 8 heteroatoms. The minimum absolute atomic E-state index is 0.256. The summed E-state index contributed by atoms with van der Waals surface area (Å²) in [4.78, 5) is 19.7. The molecule has 3 aromatic carbocycles. The number of hydrogen-bond donors (Lipinski definition) is 1. The van der Waals surface area contributed by atoms with E-state index in [1.807, 2.05) is 42.5 Å². The van der Waals surface area contributed by atoms with Gasteiger partial charge in [0.25, 0.3) is 0 Å². The van der Waals surface area contributed by atoms with E-state index in [0.717, 1.165) is 45.1 Å². The van der Waals surface area contributed by atoms with Crippen LogP contribution in [0.1, 0.15) is 39.7 Å². The van der Waals surface area contributed by atoms with Crippen LogP contribution in [0.25, 0.3) is 5.65 Å². The molecule has 0 unspecified atom stereocenters. The van der Waals surface area contributed by atoms with Crippen molar-refractivity contribution in [1.82, 2.24) is 14.6 Å². The van der Waals surface area contributed by atoms with E-state index < -0.39 is 5.97 Å². The zero-order chi connectivity index (χ0) is 28.2. The van der Waals surface area contributed by atoms with Gasteiger partial charge in [-0.1, -0.05) is 36.4 Å². The Morgan fingerprint density at radius 2 is 1.68 bits per heavy atom. The number of nitrogens with one attached hydrogen (secondary N) is 1. The quantitative estimate of drug-likeness (QED) is 0.205. The number of para-hydroxylation sites is 1. The van der Waals surface area contributed by atoms with Gasteiger partial charge in [0.15, 0.2) is 17.2 Å². The van der Waals surface area contributed by atoms with E-state index in [0.29, 0.717) is 18.0 Å². The van der Waals surface area contributed by atoms with Crippen LogP contribution in [-0.2, 0) is 11.3 Å². The van der Waals surface area contributed by atoms with Crippen molar-refractivity contribution in [2.45, 2.75) is 34.2 Å². The maximum Gasteiger partial charge on any atom is 0.358 e. The number of methoxy groups -OCH3 is 1. The normalized spacial score (nSPS) is 10.9. The van der Waals surface area contributed by atoms with Crippen LogP contribution < -0.4 is 15.0 Å². The molecule has 0 aliphatic heterocycles. The Kier molecular flexibility index (Phi) is 7.68. The summed E-state index contributed by atoms with van der Waals surface area (Å²) in [6.45, 7) is 8.79. The van der Waals surface area contributed by atoms with Gasteiger partial charge in [-0.25, -0.2) is 14.3 Å². The SMILES string of the molecule is CCOC(=O)c1cnc2c(N(Cc3ccc(OC)cc3)c3ccccc3C)cc(Nc3cc(C)cc(C)c3)nn12. The van der Waals surface area contributed by atoms with Gasteiger partial charge in [0.2, 0.25) is 0 Å². The van der Waals surface area contributed by atoms with E-state index in [1.165, 1.54) is 6.20 Å². The fraction of sp³-hybridized carbons (Fsp3) is 0.219. The van der Waals surface area contributed by atoms with Gasteiger partial charge in [-0.3, -0.25) is 0 Å². The van der Waals surface area contributed by atoms with Gasteiger partial charge < -0.3 is 19.7 Å². The number of carbonyl (C=O) groups excluding carboxylic acids is 1. The summed E-state index contributed by atoms with van der Waals surface area (Å²) < 4.78 is 12.3. The molecule has 0 spiro atoms. The van der Waals surface area contributed by atoms with Gasteiger partial charge >= 0.3 is 5.97 Å². The lowest BCUT2D eigenvalue weighted by Gasteiger charge is -2.27. The minimum atomic E-state index is -0.477. The highest BCUT2D eigenvalue weighted by molar-refractivity contribution is 5.90. The van der Waals surface area contributed by atoms with E-state index in [2.05, 4.69) is 66.3 Å². The number of anilines is 4. The smallest absolute Gasteiger partial charge is 0.358 e. The van der Waals surface area contributed by atoms with Crippen molar-refractivity contribution in [1.29, 1.82) is 0 Å². The highest BCUT2D eigenvalue weighted by Crippen LogP contribution is 2.35. The fourth-order valence-corrected chi connectivity index (χ4v) is 4.83. The van der Waals surface area contributed by atoms with Crippen molar-refractivity contribution < 1.29 is 14.3 Å². The Bertz CT molecular complexity index is 1640. The number of esters is 1. The Labute approximate surface area is 234 Å². The number of fused-ring (bicyclic) bond motifs is 1. The van der Waals surface area contributed by atoms with Crippen molar-refractivity contribution in [2.75, 3.05) is 23.9 Å². The van der Waals surface area contributed by atoms with Crippen LogP contribution in [0, 0.1) is 20.8 Å². The molecule has 0 amide bonds. The Balaban J connectivity index is 1.70. The highest BCUT2D eigenvalue weighted by Gasteiger charge is 2.23. The van der Waals surface area contributed by atoms with Crippen molar-refractivity contribution in [3.63, 3.8) is 0 Å². The van der Waals surface area contributed by atoms with Crippen molar-refractivity contribution >= 4 is 34.5 Å². The van der Waals surface area contributed by atoms with Crippen LogP contribution in [-0.4, -0.2) is 34.3 Å². The average Bonchev–Trinajstić information content (AvgIpc) is 3.36. The van der Waals surface area contributed by atoms with Crippen LogP contribution in [0.2, 0.25) is 0 Å². The van der Waals surface area contributed by atoms with Crippen molar-refractivity contribution in [3.05, 3.63) is 107 Å². The summed E-state index contributed by atoms with van der Waals surface area (Å²) in [5.74, 6) is 0.892. The lowest BCUT2D eigenvalue weighted by Crippen LogP contribution is -2.20. The zero-order valence-electron chi connectivity index (χ0n) is 23.4. The number of rotatable bonds is 9. The van der Waals surface area contributed by atoms with Crippen LogP contribution >= 0.6 is 0 Å². The summed E-state index contributed by atoms with van der Waals surface area (Å²) in [5.41, 5.74) is 7.99. The number of benzene rings is 3. The molecule has 0 saturated carbocycles. The summed E-state index contributed by atoms with van der Waals surface area (Å²) in [6.07, 6.45) is 1.52. The average molecular weight is 536 g/mol. The lowest BCUT2D eigenvalue weighted by atomic mass is 10.1. The maximum absolute atomic E-state index is 12.9. The molecule has 1 N–H and O–H groups in total. The monoisotopic (exact) mass is 535 g/mol. The van der Waals surface area contributed by atoms with Gasteiger partial charge in [-0.05, 0) is 80.3 Å². The van der Waals surface area contributed by atoms with Crippen LogP contribution in [0.3, 0.4) is 0 Å². The molecule has 40 heavy (non-hydrogen) atoms. The second-order valence-electron chi connectivity index (χ2n) is 9.74. The highest BCUT2D eigenvalue weighted by atomic mass is 16.5. The second-order valence-corrected chi connectivity index (χ2v) is 9.74. The third-order valence-corrected chi connectivity index (χ3v) is 6.62. The Morgan fingerprint density at radius 1 is 0.950 bits per heavy atom. The summed E-state index contributed by atoms with van der Waals surface area (Å²) in [5, 5.41) is 8.23. The first-order chi connectivity index (χ1) is 19.4. The lowest BCUT2D eigenvalue weighted by molar-refractivity contribution is 0.0517. The molecule has 0 bridgehead atoms. The molecular weight excluding hydrogens is 502 g/mol. The van der Waals surface area contributed by atoms with Gasteiger partial charge in [0.05, 0.1) is 25.6 Å². The van der Waals surface area contributed by atoms with Gasteiger partial charge in [-0.15, -0.1) is 5.10 Å². The molecular formula is C32H33N5O3. The number of ether oxygens (including phenoxy) is 2. The second kappa shape index (κ2) is 11.5. The first kappa shape index (κ1) is 26.7. The largest absolute Gasteiger partial charge is 0.497 e. The molecule has 8 nitrogen and oxygen atoms in total. The Hall–Kier alpha value is -4.85. The number of nitrogens with zero attached hydrogens (tertiary/aromatic N) is 4. The molecule has 0 radical (unpaired) electrons. The van der Waals surface area contributed by atoms with Crippen molar-refractivity contribution in [2.24, 2.45) is 0 Å². The molecule has 2 heterocycles. The Morgan fingerprint density at radius 3 is 2.35 bits per heavy atom. The molecule has 0 atom stereocenters. The molecule has 5 aromatic rings. The number of carbonyl (C=O) groups is 1. The maximum atomic E-state index is 12.9. The summed E-state index contributed by atoms with van der Waals surface area (Å²) in [6, 6.07) is 24.4. The van der Waals surface area contributed by atoms with E-state index in [-0.39, 0.29) is 12.3 Å². The first-order valence-corrected chi connectivity index (χ1v) is 13.2. The molecule has 204 valence electrons. The summed E-state index contributed by atoms with van der Waals surface area (Å²) >= 11 is 0. The minimum Gasteiger partial charge on any atom is -0.497 e. The van der Waals surface area contributed by atoms with E-state index >= 15 is 0 Å². The van der Waals surface area contributed by atoms with Crippen LogP contribution in [0.4, 0.5) is 22.9 Å². The molecule has 0 fully saturated rings. The standard InChI is InChI=1S/C32H33N5O3/c1-6-40-32(38)29-19-33-31-28(18-30(35-37(29)31)34-25-16-21(2)15-22(3)17-25)36(27-10-8-7-9-23(27)4)20-24-11-13-26(39-5)14-12-24/h7-19H,6,20H2,1-5H3,(H,34,35). The van der Waals surface area contributed by atoms with E-state index in [1.54, 1.807) is 18.5 Å². The molecule has 5 rings (SSSR count). The number of aromatic nitrogens is 3. The van der Waals surface area contributed by atoms with Crippen molar-refractivity contribution in [3.8, 4) is 5.75 Å². The summed E-state index contributed by atoms with van der Waals surface area (Å²) in [7, 11) is 1.66. The number of hydrogen-bond acceptors (Lipinski definition) is 7. The van der Waals surface area contributed by atoms with E-state index in [4.69, 9.17) is 14.6 Å². The van der Waals surface area contributed by atoms with Gasteiger partial charge in [0, 0.05) is 24.0 Å².